The summed E-state index contributed by atoms with van der Waals surface area (Å²) in [4.78, 5) is 15.5. The van der Waals surface area contributed by atoms with Gasteiger partial charge in [-0.25, -0.2) is 15.0 Å². The van der Waals surface area contributed by atoms with E-state index in [1.807, 2.05) is 18.2 Å². The third-order valence-electron chi connectivity index (χ3n) is 10.6. The van der Waals surface area contributed by atoms with Crippen LogP contribution in [-0.4, -0.2) is 19.5 Å². The Morgan fingerprint density at radius 3 is 1.64 bits per heavy atom. The molecule has 0 bridgehead atoms. The zero-order chi connectivity index (χ0) is 34.9. The third kappa shape index (κ3) is 4.66. The van der Waals surface area contributed by atoms with Crippen LogP contribution in [0.1, 0.15) is 0 Å². The number of rotatable bonds is 5. The van der Waals surface area contributed by atoms with Crippen LogP contribution in [0.2, 0.25) is 0 Å². The molecule has 0 amide bonds. The lowest BCUT2D eigenvalue weighted by atomic mass is 9.96. The van der Waals surface area contributed by atoms with Crippen LogP contribution in [-0.2, 0) is 0 Å². The molecule has 0 saturated heterocycles. The first-order valence-electron chi connectivity index (χ1n) is 18.0. The van der Waals surface area contributed by atoms with Crippen molar-refractivity contribution in [1.29, 1.82) is 0 Å². The number of aromatic nitrogens is 4. The van der Waals surface area contributed by atoms with Crippen LogP contribution in [0.5, 0.6) is 0 Å². The van der Waals surface area contributed by atoms with E-state index in [4.69, 9.17) is 15.0 Å². The lowest BCUT2D eigenvalue weighted by Crippen LogP contribution is -2.03. The molecule has 10 aromatic rings. The Morgan fingerprint density at radius 2 is 0.868 bits per heavy atom. The molecule has 0 radical (unpaired) electrons. The van der Waals surface area contributed by atoms with Crippen LogP contribution in [0.25, 0.3) is 106 Å². The molecule has 246 valence electrons. The van der Waals surface area contributed by atoms with Crippen molar-refractivity contribution in [2.24, 2.45) is 0 Å². The smallest absolute Gasteiger partial charge is 0.166 e. The van der Waals surface area contributed by atoms with Crippen molar-refractivity contribution >= 4 is 32.6 Å². The zero-order valence-corrected chi connectivity index (χ0v) is 28.6. The molecule has 4 heteroatoms. The second kappa shape index (κ2) is 11.7. The Hall–Kier alpha value is -7.17. The Bertz CT molecular complexity index is 3010. The van der Waals surface area contributed by atoms with E-state index in [2.05, 4.69) is 168 Å². The van der Waals surface area contributed by atoms with Gasteiger partial charge in [-0.3, -0.25) is 0 Å². The van der Waals surface area contributed by atoms with Crippen LogP contribution in [0.3, 0.4) is 0 Å². The normalized spacial score (nSPS) is 11.8. The molecule has 4 nitrogen and oxygen atoms in total. The van der Waals surface area contributed by atoms with E-state index in [9.17, 15) is 0 Å². The number of nitrogens with zero attached hydrogens (tertiary/aromatic N) is 4. The average molecular weight is 675 g/mol. The van der Waals surface area contributed by atoms with Crippen LogP contribution in [0.4, 0.5) is 0 Å². The molecule has 0 spiro atoms. The van der Waals surface area contributed by atoms with Gasteiger partial charge in [-0.2, -0.15) is 0 Å². The summed E-state index contributed by atoms with van der Waals surface area (Å²) in [5.74, 6) is 1.89. The van der Waals surface area contributed by atoms with Crippen LogP contribution >= 0.6 is 0 Å². The van der Waals surface area contributed by atoms with Crippen molar-refractivity contribution in [2.75, 3.05) is 0 Å². The van der Waals surface area contributed by atoms with E-state index < -0.39 is 0 Å². The Morgan fingerprint density at radius 1 is 0.321 bits per heavy atom. The van der Waals surface area contributed by atoms with E-state index >= 15 is 0 Å². The van der Waals surface area contributed by atoms with Crippen molar-refractivity contribution in [2.45, 2.75) is 0 Å². The van der Waals surface area contributed by atoms with E-state index in [-0.39, 0.29) is 0 Å². The lowest BCUT2D eigenvalue weighted by molar-refractivity contribution is 1.06. The highest BCUT2D eigenvalue weighted by atomic mass is 15.1. The predicted molar refractivity (Wildman–Crippen MR) is 218 cm³/mol. The standard InChI is InChI=1S/C49H30N4/c1-2-13-32(14-3-1)47-50-48(35-18-10-17-33(29-35)34-27-28-36-39-22-11-15-31-16-12-23-40(46(31)39)42(36)30-34)52-49(51-47)41-21-6-9-26-45(41)53-43-24-7-4-19-37(43)38-20-5-8-25-44(38)53/h1-30H. The fourth-order valence-electron chi connectivity index (χ4n) is 8.19. The molecule has 0 atom stereocenters. The van der Waals surface area contributed by atoms with Gasteiger partial charge in [0.15, 0.2) is 17.5 Å². The first-order valence-corrected chi connectivity index (χ1v) is 18.0. The first kappa shape index (κ1) is 29.5. The summed E-state index contributed by atoms with van der Waals surface area (Å²) >= 11 is 0. The van der Waals surface area contributed by atoms with Gasteiger partial charge >= 0.3 is 0 Å². The summed E-state index contributed by atoms with van der Waals surface area (Å²) in [5.41, 5.74) is 13.5. The summed E-state index contributed by atoms with van der Waals surface area (Å²) in [6, 6.07) is 64.4. The van der Waals surface area contributed by atoms with E-state index in [0.29, 0.717) is 17.5 Å². The molecule has 11 rings (SSSR count). The van der Waals surface area contributed by atoms with Gasteiger partial charge in [0, 0.05) is 27.5 Å². The van der Waals surface area contributed by atoms with Crippen LogP contribution in [0.15, 0.2) is 182 Å². The van der Waals surface area contributed by atoms with Gasteiger partial charge in [0.25, 0.3) is 0 Å². The lowest BCUT2D eigenvalue weighted by Gasteiger charge is -2.15. The monoisotopic (exact) mass is 674 g/mol. The second-order valence-electron chi connectivity index (χ2n) is 13.6. The third-order valence-corrected chi connectivity index (χ3v) is 10.6. The quantitative estimate of drug-likeness (QED) is 0.182. The van der Waals surface area contributed by atoms with Gasteiger partial charge in [-0.1, -0.05) is 146 Å². The first-order chi connectivity index (χ1) is 26.3. The minimum Gasteiger partial charge on any atom is -0.309 e. The molecular formula is C49H30N4. The van der Waals surface area contributed by atoms with E-state index in [0.717, 1.165) is 44.5 Å². The van der Waals surface area contributed by atoms with Crippen molar-refractivity contribution in [3.05, 3.63) is 182 Å². The highest BCUT2D eigenvalue weighted by Gasteiger charge is 2.22. The van der Waals surface area contributed by atoms with Crippen molar-refractivity contribution in [1.82, 2.24) is 19.5 Å². The van der Waals surface area contributed by atoms with Gasteiger partial charge < -0.3 is 4.57 Å². The summed E-state index contributed by atoms with van der Waals surface area (Å²) in [7, 11) is 0. The molecule has 0 unspecified atom stereocenters. The molecule has 8 aromatic carbocycles. The highest BCUT2D eigenvalue weighted by Crippen LogP contribution is 2.48. The molecule has 0 fully saturated rings. The summed E-state index contributed by atoms with van der Waals surface area (Å²) in [6.45, 7) is 0. The highest BCUT2D eigenvalue weighted by molar-refractivity contribution is 6.15. The molecule has 0 saturated carbocycles. The fraction of sp³-hybridized carbons (Fsp3) is 0. The number of hydrogen-bond donors (Lipinski definition) is 0. The summed E-state index contributed by atoms with van der Waals surface area (Å²) < 4.78 is 2.33. The van der Waals surface area contributed by atoms with Gasteiger partial charge in [-0.15, -0.1) is 0 Å². The number of benzene rings is 8. The summed E-state index contributed by atoms with van der Waals surface area (Å²) in [6.07, 6.45) is 0. The maximum Gasteiger partial charge on any atom is 0.166 e. The zero-order valence-electron chi connectivity index (χ0n) is 28.6. The molecule has 2 heterocycles. The SMILES string of the molecule is c1ccc(-c2nc(-c3cccc(-c4ccc5c(c4)-c4cccc6cccc-5c46)c3)nc(-c3ccccc3-n3c4ccccc4c4ccccc43)n2)cc1. The van der Waals surface area contributed by atoms with Crippen LogP contribution in [0, 0.1) is 0 Å². The molecular weight excluding hydrogens is 645 g/mol. The fourth-order valence-corrected chi connectivity index (χ4v) is 8.19. The van der Waals surface area contributed by atoms with Gasteiger partial charge in [-0.05, 0) is 80.6 Å². The Labute approximate surface area is 306 Å². The van der Waals surface area contributed by atoms with Gasteiger partial charge in [0.05, 0.1) is 16.7 Å². The molecule has 53 heavy (non-hydrogen) atoms. The largest absolute Gasteiger partial charge is 0.309 e. The maximum absolute atomic E-state index is 5.24. The summed E-state index contributed by atoms with van der Waals surface area (Å²) in [5, 5.41) is 5.04. The van der Waals surface area contributed by atoms with Crippen molar-refractivity contribution in [3.8, 4) is 73.2 Å². The topological polar surface area (TPSA) is 43.6 Å². The van der Waals surface area contributed by atoms with Crippen molar-refractivity contribution in [3.63, 3.8) is 0 Å². The van der Waals surface area contributed by atoms with Crippen molar-refractivity contribution < 1.29 is 0 Å². The van der Waals surface area contributed by atoms with Crippen LogP contribution < -0.4 is 0 Å². The molecule has 1 aliphatic carbocycles. The molecule has 1 aliphatic rings. The van der Waals surface area contributed by atoms with E-state index in [1.54, 1.807) is 0 Å². The number of hydrogen-bond acceptors (Lipinski definition) is 3. The Balaban J connectivity index is 1.08. The molecule has 0 N–H and O–H groups in total. The second-order valence-corrected chi connectivity index (χ2v) is 13.6. The number of para-hydroxylation sites is 3. The van der Waals surface area contributed by atoms with E-state index in [1.165, 1.54) is 43.8 Å². The minimum atomic E-state index is 0.625. The number of fused-ring (bicyclic) bond motifs is 6. The Kier molecular flexibility index (Phi) is 6.52. The molecule has 0 aliphatic heterocycles. The average Bonchev–Trinajstić information content (AvgIpc) is 3.74. The minimum absolute atomic E-state index is 0.625. The van der Waals surface area contributed by atoms with Gasteiger partial charge in [0.1, 0.15) is 0 Å². The molecule has 2 aromatic heterocycles. The van der Waals surface area contributed by atoms with Gasteiger partial charge in [0.2, 0.25) is 0 Å². The maximum atomic E-state index is 5.24. The predicted octanol–water partition coefficient (Wildman–Crippen LogP) is 12.4.